The smallest absolute Gasteiger partial charge is 0.236 e. The molecule has 9 heteroatoms. The van der Waals surface area contributed by atoms with E-state index in [9.17, 15) is 8.42 Å². The van der Waals surface area contributed by atoms with Gasteiger partial charge in [-0.3, -0.25) is 9.30 Å². The maximum absolute atomic E-state index is 12.6. The highest BCUT2D eigenvalue weighted by molar-refractivity contribution is 14.0. The average Bonchev–Trinajstić information content (AvgIpc) is 3.27. The Morgan fingerprint density at radius 3 is 2.77 bits per heavy atom. The van der Waals surface area contributed by atoms with E-state index in [0.29, 0.717) is 19.0 Å². The highest BCUT2D eigenvalue weighted by Crippen LogP contribution is 2.29. The molecule has 2 heterocycles. The highest BCUT2D eigenvalue weighted by atomic mass is 127. The van der Waals surface area contributed by atoms with Crippen LogP contribution in [0.5, 0.6) is 0 Å². The number of furan rings is 1. The average molecular weight is 490 g/mol. The van der Waals surface area contributed by atoms with E-state index in [1.165, 1.54) is 4.31 Å². The first kappa shape index (κ1) is 20.6. The third kappa shape index (κ3) is 4.91. The summed E-state index contributed by atoms with van der Waals surface area (Å²) < 4.78 is 32.0. The molecular formula is C17H23IN4O3S. The predicted molar refractivity (Wildman–Crippen MR) is 114 cm³/mol. The van der Waals surface area contributed by atoms with Crippen molar-refractivity contribution in [1.29, 1.82) is 0 Å². The van der Waals surface area contributed by atoms with Crippen LogP contribution in [-0.2, 0) is 23.0 Å². The molecule has 7 nitrogen and oxygen atoms in total. The zero-order valence-corrected chi connectivity index (χ0v) is 17.7. The Bertz CT molecular complexity index is 837. The molecule has 3 rings (SSSR count). The van der Waals surface area contributed by atoms with Crippen molar-refractivity contribution >= 4 is 45.6 Å². The lowest BCUT2D eigenvalue weighted by atomic mass is 10.2. The molecule has 0 unspecified atom stereocenters. The molecule has 0 fully saturated rings. The van der Waals surface area contributed by atoms with Crippen LogP contribution in [0.3, 0.4) is 0 Å². The van der Waals surface area contributed by atoms with Crippen LogP contribution >= 0.6 is 24.0 Å². The van der Waals surface area contributed by atoms with Crippen LogP contribution in [0.4, 0.5) is 5.69 Å². The summed E-state index contributed by atoms with van der Waals surface area (Å²) in [5.74, 6) is 1.32. The lowest BCUT2D eigenvalue weighted by Crippen LogP contribution is -2.41. The van der Waals surface area contributed by atoms with Crippen molar-refractivity contribution in [2.75, 3.05) is 30.2 Å². The zero-order chi connectivity index (χ0) is 17.7. The number of fused-ring (bicyclic) bond motifs is 1. The molecule has 0 saturated heterocycles. The fraction of sp³-hybridized carbons (Fsp3) is 0.353. The number of para-hydroxylation sites is 1. The van der Waals surface area contributed by atoms with E-state index >= 15 is 0 Å². The van der Waals surface area contributed by atoms with Gasteiger partial charge in [-0.25, -0.2) is 8.42 Å². The topological polar surface area (TPSA) is 86.9 Å². The third-order valence-corrected chi connectivity index (χ3v) is 5.84. The van der Waals surface area contributed by atoms with Gasteiger partial charge in [-0.2, -0.15) is 0 Å². The van der Waals surface area contributed by atoms with Gasteiger partial charge in [0.25, 0.3) is 0 Å². The maximum Gasteiger partial charge on any atom is 0.236 e. The summed E-state index contributed by atoms with van der Waals surface area (Å²) in [6.45, 7) is 1.27. The number of guanidine groups is 1. The summed E-state index contributed by atoms with van der Waals surface area (Å²) in [6.07, 6.45) is 2.36. The van der Waals surface area contributed by atoms with Crippen LogP contribution in [0.25, 0.3) is 0 Å². The zero-order valence-electron chi connectivity index (χ0n) is 14.5. The molecule has 0 bridgehead atoms. The number of hydrogen-bond acceptors (Lipinski definition) is 4. The van der Waals surface area contributed by atoms with Crippen LogP contribution in [-0.4, -0.2) is 40.3 Å². The van der Waals surface area contributed by atoms with E-state index in [1.807, 2.05) is 36.4 Å². The number of nitrogens with zero attached hydrogens (tertiary/aromatic N) is 2. The van der Waals surface area contributed by atoms with Gasteiger partial charge in [0, 0.05) is 20.1 Å². The van der Waals surface area contributed by atoms with Crippen molar-refractivity contribution < 1.29 is 12.8 Å². The number of aliphatic imine (C=N–C) groups is 1. The first-order valence-electron chi connectivity index (χ1n) is 8.15. The maximum atomic E-state index is 12.6. The fourth-order valence-corrected chi connectivity index (χ4v) is 4.24. The predicted octanol–water partition coefficient (Wildman–Crippen LogP) is 1.96. The summed E-state index contributed by atoms with van der Waals surface area (Å²) in [5.41, 5.74) is 1.87. The molecule has 1 aliphatic rings. The SMILES string of the molecule is CN=C(NCCS(=O)(=O)N1CCc2ccccc21)NCc1ccco1.I. The van der Waals surface area contributed by atoms with Crippen LogP contribution in [0.1, 0.15) is 11.3 Å². The molecule has 2 N–H and O–H groups in total. The van der Waals surface area contributed by atoms with Gasteiger partial charge in [0.2, 0.25) is 10.0 Å². The third-order valence-electron chi connectivity index (χ3n) is 4.07. The van der Waals surface area contributed by atoms with Gasteiger partial charge in [0.15, 0.2) is 5.96 Å². The minimum Gasteiger partial charge on any atom is -0.467 e. The van der Waals surface area contributed by atoms with Gasteiger partial charge >= 0.3 is 0 Å². The minimum absolute atomic E-state index is 0. The monoisotopic (exact) mass is 490 g/mol. The molecule has 0 saturated carbocycles. The molecule has 0 atom stereocenters. The van der Waals surface area contributed by atoms with E-state index in [2.05, 4.69) is 15.6 Å². The Balaban J connectivity index is 0.00000243. The van der Waals surface area contributed by atoms with Gasteiger partial charge in [-0.05, 0) is 30.2 Å². The molecule has 0 radical (unpaired) electrons. The summed E-state index contributed by atoms with van der Waals surface area (Å²) >= 11 is 0. The second-order valence-electron chi connectivity index (χ2n) is 5.70. The quantitative estimate of drug-likeness (QED) is 0.368. The van der Waals surface area contributed by atoms with Crippen LogP contribution in [0, 0.1) is 0 Å². The van der Waals surface area contributed by atoms with E-state index in [-0.39, 0.29) is 36.3 Å². The molecule has 0 amide bonds. The highest BCUT2D eigenvalue weighted by Gasteiger charge is 2.28. The molecule has 142 valence electrons. The molecule has 1 aliphatic heterocycles. The fourth-order valence-electron chi connectivity index (χ4n) is 2.81. The van der Waals surface area contributed by atoms with Crippen LogP contribution in [0.15, 0.2) is 52.1 Å². The molecule has 2 aromatic rings. The number of hydrogen-bond donors (Lipinski definition) is 2. The van der Waals surface area contributed by atoms with E-state index < -0.39 is 10.0 Å². The molecule has 1 aromatic carbocycles. The first-order valence-corrected chi connectivity index (χ1v) is 9.76. The number of sulfonamides is 1. The standard InChI is InChI=1S/C17H22N4O3S.HI/c1-18-17(20-13-15-6-4-11-24-15)19-9-12-25(22,23)21-10-8-14-5-2-3-7-16(14)21;/h2-7,11H,8-10,12-13H2,1H3,(H2,18,19,20);1H. The van der Waals surface area contributed by atoms with Gasteiger partial charge in [0.05, 0.1) is 24.2 Å². The second-order valence-corrected chi connectivity index (χ2v) is 7.71. The van der Waals surface area contributed by atoms with Crippen LogP contribution < -0.4 is 14.9 Å². The van der Waals surface area contributed by atoms with Crippen molar-refractivity contribution in [3.63, 3.8) is 0 Å². The number of anilines is 1. The summed E-state index contributed by atoms with van der Waals surface area (Å²) in [5, 5.41) is 6.11. The van der Waals surface area contributed by atoms with Crippen LogP contribution in [0.2, 0.25) is 0 Å². The number of benzene rings is 1. The number of halogens is 1. The summed E-state index contributed by atoms with van der Waals surface area (Å²) in [7, 11) is -1.72. The largest absolute Gasteiger partial charge is 0.467 e. The Morgan fingerprint density at radius 1 is 1.23 bits per heavy atom. The molecule has 0 spiro atoms. The van der Waals surface area contributed by atoms with Gasteiger partial charge < -0.3 is 15.1 Å². The lowest BCUT2D eigenvalue weighted by molar-refractivity contribution is 0.501. The lowest BCUT2D eigenvalue weighted by Gasteiger charge is -2.20. The Hall–Kier alpha value is -1.75. The van der Waals surface area contributed by atoms with Crippen molar-refractivity contribution in [3.8, 4) is 0 Å². The number of rotatable bonds is 6. The van der Waals surface area contributed by atoms with Gasteiger partial charge in [-0.15, -0.1) is 24.0 Å². The van der Waals surface area contributed by atoms with Crippen molar-refractivity contribution in [1.82, 2.24) is 10.6 Å². The normalized spacial score (nSPS) is 13.9. The van der Waals surface area contributed by atoms with Crippen molar-refractivity contribution in [2.45, 2.75) is 13.0 Å². The minimum atomic E-state index is -3.37. The first-order chi connectivity index (χ1) is 12.1. The van der Waals surface area contributed by atoms with E-state index in [4.69, 9.17) is 4.42 Å². The van der Waals surface area contributed by atoms with Crippen molar-refractivity contribution in [3.05, 3.63) is 54.0 Å². The van der Waals surface area contributed by atoms with E-state index in [1.54, 1.807) is 13.3 Å². The molecule has 0 aliphatic carbocycles. The Morgan fingerprint density at radius 2 is 2.04 bits per heavy atom. The van der Waals surface area contributed by atoms with E-state index in [0.717, 1.165) is 23.4 Å². The second kappa shape index (κ2) is 9.26. The Labute approximate surface area is 170 Å². The molecule has 1 aromatic heterocycles. The van der Waals surface area contributed by atoms with Gasteiger partial charge in [0.1, 0.15) is 5.76 Å². The molecule has 26 heavy (non-hydrogen) atoms. The summed E-state index contributed by atoms with van der Waals surface area (Å²) in [6, 6.07) is 11.3. The molecular weight excluding hydrogens is 467 g/mol. The number of nitrogens with one attached hydrogen (secondary N) is 2. The van der Waals surface area contributed by atoms with Gasteiger partial charge in [-0.1, -0.05) is 18.2 Å². The Kier molecular flexibility index (Phi) is 7.33. The summed E-state index contributed by atoms with van der Waals surface area (Å²) in [4.78, 5) is 4.08. The van der Waals surface area contributed by atoms with Crippen molar-refractivity contribution in [2.24, 2.45) is 4.99 Å².